The van der Waals surface area contributed by atoms with Crippen molar-refractivity contribution in [1.29, 1.82) is 0 Å². The highest BCUT2D eigenvalue weighted by molar-refractivity contribution is 9.10. The van der Waals surface area contributed by atoms with Crippen molar-refractivity contribution in [3.8, 4) is 0 Å². The van der Waals surface area contributed by atoms with Gasteiger partial charge in [-0.1, -0.05) is 22.0 Å². The zero-order valence-electron chi connectivity index (χ0n) is 11.9. The molecule has 2 rings (SSSR count). The SMILES string of the molecule is O=C(O)C(C(=O)O)C(Sc1ccc(F)cc1)c1ccc(Br)cc1F. The van der Waals surface area contributed by atoms with Gasteiger partial charge >= 0.3 is 11.9 Å². The van der Waals surface area contributed by atoms with Crippen LogP contribution in [0.15, 0.2) is 51.8 Å². The second kappa shape index (κ2) is 7.76. The summed E-state index contributed by atoms with van der Waals surface area (Å²) < 4.78 is 27.7. The first kappa shape index (κ1) is 18.4. The van der Waals surface area contributed by atoms with Gasteiger partial charge in [-0.2, -0.15) is 0 Å². The number of hydrogen-bond acceptors (Lipinski definition) is 3. The fourth-order valence-corrected chi connectivity index (χ4v) is 3.67. The summed E-state index contributed by atoms with van der Waals surface area (Å²) in [5, 5.41) is 17.3. The third-order valence-electron chi connectivity index (χ3n) is 3.18. The molecule has 0 radical (unpaired) electrons. The van der Waals surface area contributed by atoms with Crippen LogP contribution in [0.4, 0.5) is 8.78 Å². The van der Waals surface area contributed by atoms with Crippen LogP contribution in [0.3, 0.4) is 0 Å². The maximum absolute atomic E-state index is 14.3. The highest BCUT2D eigenvalue weighted by Crippen LogP contribution is 2.42. The van der Waals surface area contributed by atoms with Crippen LogP contribution in [0.5, 0.6) is 0 Å². The van der Waals surface area contributed by atoms with Gasteiger partial charge in [0, 0.05) is 14.9 Å². The Morgan fingerprint density at radius 2 is 1.58 bits per heavy atom. The molecule has 4 nitrogen and oxygen atoms in total. The minimum Gasteiger partial charge on any atom is -0.481 e. The molecule has 8 heteroatoms. The number of halogens is 3. The number of benzene rings is 2. The molecular weight excluding hydrogens is 406 g/mol. The van der Waals surface area contributed by atoms with E-state index in [-0.39, 0.29) is 5.56 Å². The summed E-state index contributed by atoms with van der Waals surface area (Å²) in [5.41, 5.74) is -0.0534. The van der Waals surface area contributed by atoms with Crippen molar-refractivity contribution in [3.63, 3.8) is 0 Å². The summed E-state index contributed by atoms with van der Waals surface area (Å²) in [4.78, 5) is 23.2. The number of thioether (sulfide) groups is 1. The molecule has 0 aliphatic rings. The first-order valence-electron chi connectivity index (χ1n) is 6.62. The first-order chi connectivity index (χ1) is 11.3. The maximum atomic E-state index is 14.3. The molecule has 126 valence electrons. The summed E-state index contributed by atoms with van der Waals surface area (Å²) in [6, 6.07) is 9.04. The Morgan fingerprint density at radius 1 is 1.00 bits per heavy atom. The minimum absolute atomic E-state index is 0.0534. The third kappa shape index (κ3) is 4.33. The van der Waals surface area contributed by atoms with Crippen LogP contribution < -0.4 is 0 Å². The van der Waals surface area contributed by atoms with Gasteiger partial charge in [0.1, 0.15) is 11.6 Å². The summed E-state index contributed by atoms with van der Waals surface area (Å²) in [6.07, 6.45) is 0. The molecule has 1 atom stereocenters. The van der Waals surface area contributed by atoms with Gasteiger partial charge in [-0.05, 0) is 36.4 Å². The molecule has 24 heavy (non-hydrogen) atoms. The molecule has 0 heterocycles. The molecule has 0 aliphatic carbocycles. The lowest BCUT2D eigenvalue weighted by atomic mass is 9.98. The number of rotatable bonds is 6. The molecule has 0 fully saturated rings. The molecule has 2 aromatic rings. The second-order valence-electron chi connectivity index (χ2n) is 4.81. The molecule has 0 spiro atoms. The monoisotopic (exact) mass is 416 g/mol. The highest BCUT2D eigenvalue weighted by Gasteiger charge is 2.38. The topological polar surface area (TPSA) is 74.6 Å². The van der Waals surface area contributed by atoms with Gasteiger partial charge < -0.3 is 10.2 Å². The van der Waals surface area contributed by atoms with Gasteiger partial charge in [-0.3, -0.25) is 9.59 Å². The predicted octanol–water partition coefficient (Wildman–Crippen LogP) is 4.35. The molecule has 2 aromatic carbocycles. The summed E-state index contributed by atoms with van der Waals surface area (Å²) in [7, 11) is 0. The molecule has 0 saturated carbocycles. The van der Waals surface area contributed by atoms with Crippen molar-refractivity contribution in [1.82, 2.24) is 0 Å². The van der Waals surface area contributed by atoms with Crippen molar-refractivity contribution in [3.05, 3.63) is 64.1 Å². The van der Waals surface area contributed by atoms with E-state index in [0.29, 0.717) is 9.37 Å². The molecule has 0 aliphatic heterocycles. The van der Waals surface area contributed by atoms with Crippen LogP contribution in [-0.2, 0) is 9.59 Å². The van der Waals surface area contributed by atoms with E-state index in [0.717, 1.165) is 30.0 Å². The molecular formula is C16H11BrF2O4S. The van der Waals surface area contributed by atoms with Crippen molar-refractivity contribution in [2.75, 3.05) is 0 Å². The van der Waals surface area contributed by atoms with Gasteiger partial charge in [-0.15, -0.1) is 11.8 Å². The highest BCUT2D eigenvalue weighted by atomic mass is 79.9. The lowest BCUT2D eigenvalue weighted by Gasteiger charge is -2.21. The maximum Gasteiger partial charge on any atom is 0.319 e. The van der Waals surface area contributed by atoms with Crippen LogP contribution in [0.1, 0.15) is 10.8 Å². The van der Waals surface area contributed by atoms with E-state index in [2.05, 4.69) is 15.9 Å². The Morgan fingerprint density at radius 3 is 2.08 bits per heavy atom. The Hall–Kier alpha value is -1.93. The Balaban J connectivity index is 2.49. The van der Waals surface area contributed by atoms with Crippen LogP contribution >= 0.6 is 27.7 Å². The first-order valence-corrected chi connectivity index (χ1v) is 8.29. The number of carbonyl (C=O) groups is 2. The summed E-state index contributed by atoms with van der Waals surface area (Å²) in [6.45, 7) is 0. The number of carboxylic acid groups (broad SMARTS) is 2. The molecule has 1 unspecified atom stereocenters. The summed E-state index contributed by atoms with van der Waals surface area (Å²) >= 11 is 3.95. The van der Waals surface area contributed by atoms with Gasteiger partial charge in [0.2, 0.25) is 0 Å². The lowest BCUT2D eigenvalue weighted by Crippen LogP contribution is -2.29. The van der Waals surface area contributed by atoms with Gasteiger partial charge in [0.15, 0.2) is 5.92 Å². The quantitative estimate of drug-likeness (QED) is 0.540. The number of aliphatic carboxylic acids is 2. The fraction of sp³-hybridized carbons (Fsp3) is 0.125. The Labute approximate surface area is 148 Å². The average Bonchev–Trinajstić information content (AvgIpc) is 2.48. The van der Waals surface area contributed by atoms with Crippen LogP contribution in [0, 0.1) is 17.6 Å². The average molecular weight is 417 g/mol. The van der Waals surface area contributed by atoms with E-state index in [9.17, 15) is 28.6 Å². The normalized spacial score (nSPS) is 12.2. The number of carboxylic acids is 2. The lowest BCUT2D eigenvalue weighted by molar-refractivity contribution is -0.154. The van der Waals surface area contributed by atoms with Crippen LogP contribution in [0.25, 0.3) is 0 Å². The van der Waals surface area contributed by atoms with E-state index in [1.807, 2.05) is 0 Å². The van der Waals surface area contributed by atoms with Crippen molar-refractivity contribution in [2.45, 2.75) is 10.1 Å². The van der Waals surface area contributed by atoms with E-state index >= 15 is 0 Å². The standard InChI is InChI=1S/C16H11BrF2O4S/c17-8-1-6-11(12(19)7-8)14(13(15(20)21)16(22)23)24-10-4-2-9(18)3-5-10/h1-7,13-14H,(H,20,21)(H,22,23). The zero-order valence-corrected chi connectivity index (χ0v) is 14.4. The van der Waals surface area contributed by atoms with Gasteiger partial charge in [-0.25, -0.2) is 8.78 Å². The third-order valence-corrected chi connectivity index (χ3v) is 5.00. The van der Waals surface area contributed by atoms with Crippen LogP contribution in [0.2, 0.25) is 0 Å². The van der Waals surface area contributed by atoms with Gasteiger partial charge in [0.05, 0.1) is 5.25 Å². The van der Waals surface area contributed by atoms with E-state index < -0.39 is 34.7 Å². The van der Waals surface area contributed by atoms with E-state index in [4.69, 9.17) is 0 Å². The predicted molar refractivity (Wildman–Crippen MR) is 87.9 cm³/mol. The Kier molecular flexibility index (Phi) is 5.95. The molecule has 2 N–H and O–H groups in total. The van der Waals surface area contributed by atoms with Crippen LogP contribution in [-0.4, -0.2) is 22.2 Å². The largest absolute Gasteiger partial charge is 0.481 e. The molecule has 0 aromatic heterocycles. The molecule has 0 bridgehead atoms. The fourth-order valence-electron chi connectivity index (χ4n) is 2.07. The smallest absolute Gasteiger partial charge is 0.319 e. The Bertz CT molecular complexity index is 753. The van der Waals surface area contributed by atoms with Crippen molar-refractivity contribution >= 4 is 39.6 Å². The van der Waals surface area contributed by atoms with E-state index in [1.165, 1.54) is 24.3 Å². The van der Waals surface area contributed by atoms with E-state index in [1.54, 1.807) is 0 Å². The van der Waals surface area contributed by atoms with Gasteiger partial charge in [0.25, 0.3) is 0 Å². The second-order valence-corrected chi connectivity index (χ2v) is 6.94. The molecule has 0 amide bonds. The number of hydrogen-bond donors (Lipinski definition) is 2. The summed E-state index contributed by atoms with van der Waals surface area (Å²) in [5.74, 6) is -6.24. The zero-order chi connectivity index (χ0) is 17.9. The van der Waals surface area contributed by atoms with Crippen molar-refractivity contribution in [2.24, 2.45) is 5.92 Å². The molecule has 0 saturated heterocycles. The van der Waals surface area contributed by atoms with Crippen molar-refractivity contribution < 1.29 is 28.6 Å². The minimum atomic E-state index is -1.87.